The predicted octanol–water partition coefficient (Wildman–Crippen LogP) is 1.11. The Balaban J connectivity index is 2.34. The maximum absolute atomic E-state index is 5.20. The van der Waals surface area contributed by atoms with Gasteiger partial charge in [0.1, 0.15) is 12.2 Å². The topological polar surface area (TPSA) is 52.0 Å². The number of hydrogen-bond donors (Lipinski definition) is 1. The van der Waals surface area contributed by atoms with Crippen LogP contribution in [0.5, 0.6) is 0 Å². The molecule has 0 saturated carbocycles. The lowest BCUT2D eigenvalue weighted by Crippen LogP contribution is -2.33. The van der Waals surface area contributed by atoms with Crippen molar-refractivity contribution in [2.24, 2.45) is 7.05 Å². The monoisotopic (exact) mass is 226 g/mol. The smallest absolute Gasteiger partial charge is 0.146 e. The molecule has 5 nitrogen and oxygen atoms in total. The minimum Gasteiger partial charge on any atom is -0.383 e. The van der Waals surface area contributed by atoms with E-state index in [-0.39, 0.29) is 0 Å². The second kappa shape index (κ2) is 7.35. The third-order valence-corrected chi connectivity index (χ3v) is 2.63. The molecule has 0 aliphatic heterocycles. The lowest BCUT2D eigenvalue weighted by molar-refractivity contribution is 0.160. The van der Waals surface area contributed by atoms with Crippen molar-refractivity contribution in [3.63, 3.8) is 0 Å². The Morgan fingerprint density at radius 1 is 1.56 bits per heavy atom. The number of rotatable bonds is 8. The van der Waals surface area contributed by atoms with Gasteiger partial charge in [0.15, 0.2) is 0 Å². The standard InChI is InChI=1S/C11H22N4O/c1-4-5-6-10(8-16-3)12-7-11-14-13-9-15(11)2/h9-10,12H,4-8H2,1-3H3. The minimum atomic E-state index is 0.404. The summed E-state index contributed by atoms with van der Waals surface area (Å²) in [6.45, 7) is 3.69. The zero-order chi connectivity index (χ0) is 11.8. The van der Waals surface area contributed by atoms with E-state index in [9.17, 15) is 0 Å². The summed E-state index contributed by atoms with van der Waals surface area (Å²) < 4.78 is 7.12. The Hall–Kier alpha value is -0.940. The lowest BCUT2D eigenvalue weighted by atomic mass is 10.1. The van der Waals surface area contributed by atoms with Crippen molar-refractivity contribution in [2.45, 2.75) is 38.8 Å². The molecule has 1 heterocycles. The van der Waals surface area contributed by atoms with Crippen LogP contribution in [0.3, 0.4) is 0 Å². The molecule has 0 aliphatic rings. The van der Waals surface area contributed by atoms with Gasteiger partial charge in [0.25, 0.3) is 0 Å². The quantitative estimate of drug-likeness (QED) is 0.721. The van der Waals surface area contributed by atoms with E-state index in [0.717, 1.165) is 25.4 Å². The maximum atomic E-state index is 5.20. The molecule has 0 amide bonds. The summed E-state index contributed by atoms with van der Waals surface area (Å²) in [6, 6.07) is 0.404. The van der Waals surface area contributed by atoms with Crippen LogP contribution < -0.4 is 5.32 Å². The van der Waals surface area contributed by atoms with Gasteiger partial charge in [-0.3, -0.25) is 0 Å². The second-order valence-corrected chi connectivity index (χ2v) is 4.03. The molecule has 0 saturated heterocycles. The molecule has 0 spiro atoms. The van der Waals surface area contributed by atoms with Crippen molar-refractivity contribution in [1.82, 2.24) is 20.1 Å². The molecule has 0 radical (unpaired) electrons. The van der Waals surface area contributed by atoms with Crippen LogP contribution in [0.25, 0.3) is 0 Å². The van der Waals surface area contributed by atoms with Crippen molar-refractivity contribution >= 4 is 0 Å². The molecule has 16 heavy (non-hydrogen) atoms. The summed E-state index contributed by atoms with van der Waals surface area (Å²) in [6.07, 6.45) is 5.29. The number of nitrogens with zero attached hydrogens (tertiary/aromatic N) is 3. The normalized spacial score (nSPS) is 12.9. The highest BCUT2D eigenvalue weighted by Gasteiger charge is 2.08. The third kappa shape index (κ3) is 4.28. The van der Waals surface area contributed by atoms with Crippen LogP contribution in [0, 0.1) is 0 Å². The van der Waals surface area contributed by atoms with Crippen molar-refractivity contribution in [1.29, 1.82) is 0 Å². The Morgan fingerprint density at radius 3 is 2.94 bits per heavy atom. The molecule has 1 atom stereocenters. The van der Waals surface area contributed by atoms with E-state index in [1.165, 1.54) is 12.8 Å². The number of aromatic nitrogens is 3. The van der Waals surface area contributed by atoms with E-state index < -0.39 is 0 Å². The third-order valence-electron chi connectivity index (χ3n) is 2.63. The summed E-state index contributed by atoms with van der Waals surface area (Å²) in [7, 11) is 3.69. The fourth-order valence-electron chi connectivity index (χ4n) is 1.60. The fraction of sp³-hybridized carbons (Fsp3) is 0.818. The molecule has 92 valence electrons. The van der Waals surface area contributed by atoms with Crippen LogP contribution in [0.15, 0.2) is 6.33 Å². The number of aryl methyl sites for hydroxylation is 1. The van der Waals surface area contributed by atoms with E-state index >= 15 is 0 Å². The maximum Gasteiger partial charge on any atom is 0.146 e. The average Bonchev–Trinajstić information content (AvgIpc) is 2.68. The van der Waals surface area contributed by atoms with E-state index in [1.54, 1.807) is 13.4 Å². The van der Waals surface area contributed by atoms with Crippen molar-refractivity contribution in [3.05, 3.63) is 12.2 Å². The zero-order valence-electron chi connectivity index (χ0n) is 10.4. The number of unbranched alkanes of at least 4 members (excludes halogenated alkanes) is 1. The van der Waals surface area contributed by atoms with Gasteiger partial charge in [-0.25, -0.2) is 0 Å². The largest absolute Gasteiger partial charge is 0.383 e. The Bertz CT molecular complexity index is 287. The summed E-state index contributed by atoms with van der Waals surface area (Å²) in [5.74, 6) is 0.956. The molecule has 0 aromatic carbocycles. The summed E-state index contributed by atoms with van der Waals surface area (Å²) in [5, 5.41) is 11.3. The van der Waals surface area contributed by atoms with E-state index in [0.29, 0.717) is 6.04 Å². The first-order valence-corrected chi connectivity index (χ1v) is 5.83. The lowest BCUT2D eigenvalue weighted by Gasteiger charge is -2.17. The molecular formula is C11H22N4O. The molecule has 1 unspecified atom stereocenters. The number of ether oxygens (including phenoxy) is 1. The van der Waals surface area contributed by atoms with Crippen LogP contribution in [-0.4, -0.2) is 34.5 Å². The van der Waals surface area contributed by atoms with Crippen molar-refractivity contribution < 1.29 is 4.74 Å². The van der Waals surface area contributed by atoms with Crippen LogP contribution in [-0.2, 0) is 18.3 Å². The van der Waals surface area contributed by atoms with Crippen LogP contribution in [0.4, 0.5) is 0 Å². The molecule has 1 aromatic heterocycles. The highest BCUT2D eigenvalue weighted by atomic mass is 16.5. The van der Waals surface area contributed by atoms with Crippen molar-refractivity contribution in [3.8, 4) is 0 Å². The molecule has 0 fully saturated rings. The van der Waals surface area contributed by atoms with Gasteiger partial charge in [-0.05, 0) is 6.42 Å². The molecule has 0 bridgehead atoms. The molecular weight excluding hydrogens is 204 g/mol. The second-order valence-electron chi connectivity index (χ2n) is 4.03. The Morgan fingerprint density at radius 2 is 2.38 bits per heavy atom. The van der Waals surface area contributed by atoms with Gasteiger partial charge in [0, 0.05) is 20.2 Å². The van der Waals surface area contributed by atoms with Gasteiger partial charge in [-0.15, -0.1) is 10.2 Å². The fourth-order valence-corrected chi connectivity index (χ4v) is 1.60. The van der Waals surface area contributed by atoms with E-state index in [1.807, 2.05) is 11.6 Å². The summed E-state index contributed by atoms with van der Waals surface area (Å²) in [4.78, 5) is 0. The van der Waals surface area contributed by atoms with Crippen LogP contribution in [0.1, 0.15) is 32.0 Å². The minimum absolute atomic E-state index is 0.404. The highest BCUT2D eigenvalue weighted by molar-refractivity contribution is 4.84. The summed E-state index contributed by atoms with van der Waals surface area (Å²) >= 11 is 0. The molecule has 5 heteroatoms. The van der Waals surface area contributed by atoms with Gasteiger partial charge in [-0.2, -0.15) is 0 Å². The number of nitrogens with one attached hydrogen (secondary N) is 1. The molecule has 1 rings (SSSR count). The first-order chi connectivity index (χ1) is 7.77. The average molecular weight is 226 g/mol. The SMILES string of the molecule is CCCCC(COC)NCc1nncn1C. The number of methoxy groups -OCH3 is 1. The van der Waals surface area contributed by atoms with Gasteiger partial charge in [0.05, 0.1) is 13.2 Å². The van der Waals surface area contributed by atoms with Crippen LogP contribution in [0.2, 0.25) is 0 Å². The summed E-state index contributed by atoms with van der Waals surface area (Å²) in [5.41, 5.74) is 0. The van der Waals surface area contributed by atoms with E-state index in [4.69, 9.17) is 4.74 Å². The number of hydrogen-bond acceptors (Lipinski definition) is 4. The zero-order valence-corrected chi connectivity index (χ0v) is 10.4. The van der Waals surface area contributed by atoms with Gasteiger partial charge >= 0.3 is 0 Å². The van der Waals surface area contributed by atoms with Crippen LogP contribution >= 0.6 is 0 Å². The van der Waals surface area contributed by atoms with Crippen molar-refractivity contribution in [2.75, 3.05) is 13.7 Å². The van der Waals surface area contributed by atoms with Gasteiger partial charge < -0.3 is 14.6 Å². The predicted molar refractivity (Wildman–Crippen MR) is 63.0 cm³/mol. The van der Waals surface area contributed by atoms with Gasteiger partial charge in [0.2, 0.25) is 0 Å². The molecule has 0 aliphatic carbocycles. The highest BCUT2D eigenvalue weighted by Crippen LogP contribution is 2.02. The Kier molecular flexibility index (Phi) is 6.03. The van der Waals surface area contributed by atoms with Gasteiger partial charge in [-0.1, -0.05) is 19.8 Å². The molecule has 1 aromatic rings. The first-order valence-electron chi connectivity index (χ1n) is 5.83. The Labute approximate surface area is 97.2 Å². The van der Waals surface area contributed by atoms with E-state index in [2.05, 4.69) is 22.4 Å². The molecule has 1 N–H and O–H groups in total. The first kappa shape index (κ1) is 13.1.